The second kappa shape index (κ2) is 7.60. The van der Waals surface area contributed by atoms with Gasteiger partial charge < -0.3 is 15.0 Å². The molecule has 0 aromatic carbocycles. The minimum atomic E-state index is 0.419. The zero-order valence-electron chi connectivity index (χ0n) is 12.9. The summed E-state index contributed by atoms with van der Waals surface area (Å²) >= 11 is 0. The highest BCUT2D eigenvalue weighted by Crippen LogP contribution is 2.20. The van der Waals surface area contributed by atoms with Crippen LogP contribution in [0.2, 0.25) is 0 Å². The highest BCUT2D eigenvalue weighted by atomic mass is 16.5. The van der Waals surface area contributed by atoms with Crippen LogP contribution in [0.5, 0.6) is 0 Å². The van der Waals surface area contributed by atoms with E-state index in [1.807, 2.05) is 6.20 Å². The molecule has 0 saturated carbocycles. The molecule has 1 aliphatic heterocycles. The van der Waals surface area contributed by atoms with Crippen molar-refractivity contribution in [2.24, 2.45) is 5.92 Å². The Kier molecular flexibility index (Phi) is 5.80. The minimum absolute atomic E-state index is 0.419. The molecule has 0 radical (unpaired) electrons. The number of nitrogens with one attached hydrogen (secondary N) is 1. The first-order chi connectivity index (χ1) is 9.69. The van der Waals surface area contributed by atoms with Crippen molar-refractivity contribution in [3.05, 3.63) is 23.9 Å². The molecule has 2 heterocycles. The van der Waals surface area contributed by atoms with Gasteiger partial charge in [-0.25, -0.2) is 4.98 Å². The van der Waals surface area contributed by atoms with E-state index in [1.165, 1.54) is 5.56 Å². The Labute approximate surface area is 122 Å². The third kappa shape index (κ3) is 4.46. The van der Waals surface area contributed by atoms with Crippen LogP contribution in [0.1, 0.15) is 32.3 Å². The van der Waals surface area contributed by atoms with E-state index >= 15 is 0 Å². The van der Waals surface area contributed by atoms with Gasteiger partial charge in [0, 0.05) is 32.9 Å². The van der Waals surface area contributed by atoms with E-state index in [9.17, 15) is 0 Å². The van der Waals surface area contributed by atoms with Gasteiger partial charge in [0.2, 0.25) is 0 Å². The molecule has 4 nitrogen and oxygen atoms in total. The second-order valence-electron chi connectivity index (χ2n) is 5.97. The molecule has 0 aliphatic carbocycles. The van der Waals surface area contributed by atoms with Gasteiger partial charge in [0.05, 0.1) is 6.10 Å². The molecule has 1 N–H and O–H groups in total. The molecule has 1 fully saturated rings. The van der Waals surface area contributed by atoms with Crippen LogP contribution in [0.25, 0.3) is 0 Å². The van der Waals surface area contributed by atoms with E-state index in [2.05, 4.69) is 41.2 Å². The molecule has 1 aromatic heterocycles. The maximum absolute atomic E-state index is 5.42. The summed E-state index contributed by atoms with van der Waals surface area (Å²) in [6, 6.07) is 4.30. The summed E-state index contributed by atoms with van der Waals surface area (Å²) in [5.41, 5.74) is 1.31. The van der Waals surface area contributed by atoms with Crippen molar-refractivity contribution in [2.75, 3.05) is 31.6 Å². The highest BCUT2D eigenvalue weighted by molar-refractivity contribution is 5.41. The summed E-state index contributed by atoms with van der Waals surface area (Å²) in [6.07, 6.45) is 4.52. The number of anilines is 1. The van der Waals surface area contributed by atoms with E-state index in [1.54, 1.807) is 7.11 Å². The molecular weight excluding hydrogens is 250 g/mol. The van der Waals surface area contributed by atoms with Crippen molar-refractivity contribution < 1.29 is 4.74 Å². The number of methoxy groups -OCH3 is 1. The van der Waals surface area contributed by atoms with E-state index < -0.39 is 0 Å². The van der Waals surface area contributed by atoms with E-state index in [-0.39, 0.29) is 0 Å². The van der Waals surface area contributed by atoms with Crippen LogP contribution in [-0.4, -0.2) is 37.8 Å². The van der Waals surface area contributed by atoms with Crippen molar-refractivity contribution in [3.8, 4) is 0 Å². The fraction of sp³-hybridized carbons (Fsp3) is 0.688. The Bertz CT molecular complexity index is 400. The largest absolute Gasteiger partial charge is 0.381 e. The topological polar surface area (TPSA) is 37.4 Å². The van der Waals surface area contributed by atoms with Gasteiger partial charge in [0.25, 0.3) is 0 Å². The average molecular weight is 277 g/mol. The molecule has 20 heavy (non-hydrogen) atoms. The van der Waals surface area contributed by atoms with Crippen LogP contribution in [0.3, 0.4) is 0 Å². The number of pyridine rings is 1. The number of aromatic nitrogens is 1. The summed E-state index contributed by atoms with van der Waals surface area (Å²) in [5, 5.41) is 3.48. The number of piperidine rings is 1. The lowest BCUT2D eigenvalue weighted by Gasteiger charge is -2.32. The van der Waals surface area contributed by atoms with E-state index in [4.69, 9.17) is 4.74 Å². The van der Waals surface area contributed by atoms with Crippen LogP contribution in [0.4, 0.5) is 5.82 Å². The van der Waals surface area contributed by atoms with Crippen molar-refractivity contribution in [1.82, 2.24) is 10.3 Å². The lowest BCUT2D eigenvalue weighted by Crippen LogP contribution is -2.37. The maximum atomic E-state index is 5.42. The molecule has 1 aromatic rings. The number of nitrogens with zero attached hydrogens (tertiary/aromatic N) is 2. The van der Waals surface area contributed by atoms with Crippen molar-refractivity contribution in [1.29, 1.82) is 0 Å². The SMILES string of the molecule is COC1CCN(c2cc(CNCC(C)C)ccn2)CC1. The highest BCUT2D eigenvalue weighted by Gasteiger charge is 2.19. The minimum Gasteiger partial charge on any atom is -0.381 e. The molecule has 1 aliphatic rings. The summed E-state index contributed by atoms with van der Waals surface area (Å²) in [7, 11) is 1.81. The van der Waals surface area contributed by atoms with Crippen LogP contribution < -0.4 is 10.2 Å². The quantitative estimate of drug-likeness (QED) is 0.866. The van der Waals surface area contributed by atoms with Gasteiger partial charge in [0.15, 0.2) is 0 Å². The standard InChI is InChI=1S/C16H27N3O/c1-13(2)11-17-12-14-4-7-18-16(10-14)19-8-5-15(20-3)6-9-19/h4,7,10,13,15,17H,5-6,8-9,11-12H2,1-3H3. The molecule has 0 unspecified atom stereocenters. The van der Waals surface area contributed by atoms with Gasteiger partial charge in [-0.15, -0.1) is 0 Å². The van der Waals surface area contributed by atoms with Crippen LogP contribution >= 0.6 is 0 Å². The first kappa shape index (κ1) is 15.3. The molecule has 0 spiro atoms. The fourth-order valence-electron chi connectivity index (χ4n) is 2.57. The average Bonchev–Trinajstić information content (AvgIpc) is 2.47. The zero-order valence-corrected chi connectivity index (χ0v) is 12.9. The number of ether oxygens (including phenoxy) is 1. The van der Waals surface area contributed by atoms with Crippen molar-refractivity contribution in [3.63, 3.8) is 0 Å². The molecule has 0 atom stereocenters. The molecule has 1 saturated heterocycles. The van der Waals surface area contributed by atoms with E-state index in [0.29, 0.717) is 12.0 Å². The zero-order chi connectivity index (χ0) is 14.4. The van der Waals surface area contributed by atoms with Crippen LogP contribution in [-0.2, 0) is 11.3 Å². The van der Waals surface area contributed by atoms with Gasteiger partial charge in [-0.2, -0.15) is 0 Å². The molecule has 112 valence electrons. The molecule has 4 heteroatoms. The lowest BCUT2D eigenvalue weighted by atomic mass is 10.1. The molecule has 0 bridgehead atoms. The van der Waals surface area contributed by atoms with Gasteiger partial charge in [-0.3, -0.25) is 0 Å². The first-order valence-electron chi connectivity index (χ1n) is 7.62. The predicted octanol–water partition coefficient (Wildman–Crippen LogP) is 2.44. The van der Waals surface area contributed by atoms with E-state index in [0.717, 1.165) is 44.8 Å². The van der Waals surface area contributed by atoms with Crippen molar-refractivity contribution >= 4 is 5.82 Å². The molecule has 0 amide bonds. The van der Waals surface area contributed by atoms with Gasteiger partial charge >= 0.3 is 0 Å². The van der Waals surface area contributed by atoms with Gasteiger partial charge in [-0.1, -0.05) is 13.8 Å². The smallest absolute Gasteiger partial charge is 0.128 e. The Balaban J connectivity index is 1.89. The maximum Gasteiger partial charge on any atom is 0.128 e. The number of hydrogen-bond acceptors (Lipinski definition) is 4. The predicted molar refractivity (Wildman–Crippen MR) is 83.0 cm³/mol. The number of rotatable bonds is 6. The van der Waals surface area contributed by atoms with Crippen molar-refractivity contribution in [2.45, 2.75) is 39.3 Å². The molecule has 2 rings (SSSR count). The number of hydrogen-bond donors (Lipinski definition) is 1. The normalized spacial score (nSPS) is 16.9. The Morgan fingerprint density at radius 3 is 2.80 bits per heavy atom. The van der Waals surface area contributed by atoms with Gasteiger partial charge in [-0.05, 0) is 43.0 Å². The first-order valence-corrected chi connectivity index (χ1v) is 7.62. The fourth-order valence-corrected chi connectivity index (χ4v) is 2.57. The monoisotopic (exact) mass is 277 g/mol. The van der Waals surface area contributed by atoms with Crippen LogP contribution in [0.15, 0.2) is 18.3 Å². The summed E-state index contributed by atoms with van der Waals surface area (Å²) in [4.78, 5) is 6.88. The summed E-state index contributed by atoms with van der Waals surface area (Å²) < 4.78 is 5.42. The Morgan fingerprint density at radius 1 is 1.40 bits per heavy atom. The Hall–Kier alpha value is -1.13. The third-order valence-electron chi connectivity index (χ3n) is 3.79. The summed E-state index contributed by atoms with van der Waals surface area (Å²) in [6.45, 7) is 8.50. The lowest BCUT2D eigenvalue weighted by molar-refractivity contribution is 0.0818. The second-order valence-corrected chi connectivity index (χ2v) is 5.97. The summed E-state index contributed by atoms with van der Waals surface area (Å²) in [5.74, 6) is 1.78. The third-order valence-corrected chi connectivity index (χ3v) is 3.79. The Morgan fingerprint density at radius 2 is 2.15 bits per heavy atom. The molecular formula is C16H27N3O. The van der Waals surface area contributed by atoms with Crippen LogP contribution in [0, 0.1) is 5.92 Å². The van der Waals surface area contributed by atoms with Gasteiger partial charge in [0.1, 0.15) is 5.82 Å².